The Morgan fingerprint density at radius 3 is 2.44 bits per heavy atom. The Morgan fingerprint density at radius 1 is 1.56 bits per heavy atom. The maximum atomic E-state index is 5.88. The highest BCUT2D eigenvalue weighted by Gasteiger charge is 2.26. The monoisotopic (exact) mass is 128 g/mol. The van der Waals surface area contributed by atoms with Crippen LogP contribution in [0.1, 0.15) is 26.7 Å². The van der Waals surface area contributed by atoms with Gasteiger partial charge in [-0.1, -0.05) is 0 Å². The zero-order valence-electron chi connectivity index (χ0n) is 6.28. The summed E-state index contributed by atoms with van der Waals surface area (Å²) in [6, 6.07) is 0.539. The molecule has 0 bridgehead atoms. The van der Waals surface area contributed by atoms with Gasteiger partial charge in [0.05, 0.1) is 0 Å². The van der Waals surface area contributed by atoms with Gasteiger partial charge in [0.15, 0.2) is 0 Å². The normalized spacial score (nSPS) is 29.0. The largest absolute Gasteiger partial charge is 0.324 e. The maximum Gasteiger partial charge on any atom is 0.0252 e. The molecule has 0 spiro atoms. The van der Waals surface area contributed by atoms with Crippen molar-refractivity contribution in [3.8, 4) is 0 Å². The van der Waals surface area contributed by atoms with Gasteiger partial charge in [-0.05, 0) is 33.2 Å². The van der Waals surface area contributed by atoms with Crippen LogP contribution in [0.25, 0.3) is 0 Å². The molecule has 1 heterocycles. The van der Waals surface area contributed by atoms with Crippen LogP contribution in [0, 0.1) is 0 Å². The first-order chi connectivity index (χ1) is 4.11. The Hall–Kier alpha value is -0.0800. The van der Waals surface area contributed by atoms with Gasteiger partial charge in [-0.3, -0.25) is 0 Å². The lowest BCUT2D eigenvalue weighted by atomic mass is 9.95. The highest BCUT2D eigenvalue weighted by Crippen LogP contribution is 2.15. The summed E-state index contributed by atoms with van der Waals surface area (Å²) in [6.45, 7) is 5.30. The van der Waals surface area contributed by atoms with Gasteiger partial charge in [-0.2, -0.15) is 0 Å². The molecule has 0 radical (unpaired) electrons. The zero-order valence-corrected chi connectivity index (χ0v) is 6.28. The highest BCUT2D eigenvalue weighted by molar-refractivity contribution is 4.91. The summed E-state index contributed by atoms with van der Waals surface area (Å²) in [7, 11) is 0. The molecule has 1 aliphatic rings. The van der Waals surface area contributed by atoms with Crippen molar-refractivity contribution in [2.24, 2.45) is 5.73 Å². The van der Waals surface area contributed by atoms with E-state index in [4.69, 9.17) is 5.73 Å². The van der Waals surface area contributed by atoms with E-state index in [2.05, 4.69) is 19.2 Å². The van der Waals surface area contributed by atoms with Gasteiger partial charge >= 0.3 is 0 Å². The third-order valence-electron chi connectivity index (χ3n) is 1.96. The molecule has 1 rings (SSSR count). The minimum absolute atomic E-state index is 0.0312. The molecule has 9 heavy (non-hydrogen) atoms. The summed E-state index contributed by atoms with van der Waals surface area (Å²) in [6.07, 6.45) is 2.52. The molecule has 1 saturated heterocycles. The Labute approximate surface area is 56.8 Å². The molecule has 2 heteroatoms. The molecule has 1 atom stereocenters. The van der Waals surface area contributed by atoms with Crippen LogP contribution in [-0.2, 0) is 0 Å². The van der Waals surface area contributed by atoms with E-state index in [0.29, 0.717) is 6.04 Å². The average Bonchev–Trinajstić information content (AvgIpc) is 2.08. The van der Waals surface area contributed by atoms with E-state index in [9.17, 15) is 0 Å². The van der Waals surface area contributed by atoms with E-state index in [1.54, 1.807) is 0 Å². The Balaban J connectivity index is 2.42. The number of hydrogen-bond acceptors (Lipinski definition) is 2. The van der Waals surface area contributed by atoms with Gasteiger partial charge in [0.25, 0.3) is 0 Å². The summed E-state index contributed by atoms with van der Waals surface area (Å²) in [5.41, 5.74) is 5.85. The molecule has 0 saturated carbocycles. The molecule has 0 aromatic carbocycles. The minimum atomic E-state index is -0.0312. The second kappa shape index (κ2) is 2.27. The average molecular weight is 128 g/mol. The molecule has 1 unspecified atom stereocenters. The molecule has 1 aliphatic heterocycles. The van der Waals surface area contributed by atoms with Crippen molar-refractivity contribution in [1.82, 2.24) is 5.32 Å². The smallest absolute Gasteiger partial charge is 0.0252 e. The molecular weight excluding hydrogens is 112 g/mol. The highest BCUT2D eigenvalue weighted by atomic mass is 15.0. The van der Waals surface area contributed by atoms with Crippen molar-refractivity contribution in [3.05, 3.63) is 0 Å². The SMILES string of the molecule is CC(C)(N)C1CCCN1. The van der Waals surface area contributed by atoms with E-state index in [-0.39, 0.29) is 5.54 Å². The number of hydrogen-bond donors (Lipinski definition) is 2. The third-order valence-corrected chi connectivity index (χ3v) is 1.96. The summed E-state index contributed by atoms with van der Waals surface area (Å²) in [5.74, 6) is 0. The molecule has 0 amide bonds. The first kappa shape index (κ1) is 7.03. The van der Waals surface area contributed by atoms with Gasteiger partial charge in [0.2, 0.25) is 0 Å². The van der Waals surface area contributed by atoms with Gasteiger partial charge in [-0.25, -0.2) is 0 Å². The second-order valence-electron chi connectivity index (χ2n) is 3.47. The Kier molecular flexibility index (Phi) is 1.78. The number of nitrogens with one attached hydrogen (secondary N) is 1. The van der Waals surface area contributed by atoms with E-state index in [0.717, 1.165) is 6.54 Å². The molecule has 0 aliphatic carbocycles. The van der Waals surface area contributed by atoms with Crippen molar-refractivity contribution < 1.29 is 0 Å². The quantitative estimate of drug-likeness (QED) is 0.539. The second-order valence-corrected chi connectivity index (χ2v) is 3.47. The molecular formula is C7H16N2. The zero-order chi connectivity index (χ0) is 6.91. The topological polar surface area (TPSA) is 38.0 Å². The van der Waals surface area contributed by atoms with Gasteiger partial charge < -0.3 is 11.1 Å². The summed E-state index contributed by atoms with van der Waals surface area (Å²) < 4.78 is 0. The van der Waals surface area contributed by atoms with Gasteiger partial charge in [-0.15, -0.1) is 0 Å². The fraction of sp³-hybridized carbons (Fsp3) is 1.00. The lowest BCUT2D eigenvalue weighted by Gasteiger charge is -2.26. The fourth-order valence-corrected chi connectivity index (χ4v) is 1.32. The molecule has 0 aromatic rings. The van der Waals surface area contributed by atoms with Crippen molar-refractivity contribution >= 4 is 0 Å². The van der Waals surface area contributed by atoms with Crippen molar-refractivity contribution in [2.75, 3.05) is 6.54 Å². The van der Waals surface area contributed by atoms with E-state index < -0.39 is 0 Å². The fourth-order valence-electron chi connectivity index (χ4n) is 1.32. The first-order valence-electron chi connectivity index (χ1n) is 3.63. The Bertz CT molecular complexity index is 87.6. The summed E-state index contributed by atoms with van der Waals surface area (Å²) >= 11 is 0. The number of nitrogens with two attached hydrogens (primary N) is 1. The van der Waals surface area contributed by atoms with Crippen LogP contribution in [0.15, 0.2) is 0 Å². The summed E-state index contributed by atoms with van der Waals surface area (Å²) in [4.78, 5) is 0. The third kappa shape index (κ3) is 1.66. The molecule has 3 N–H and O–H groups in total. The van der Waals surface area contributed by atoms with Crippen LogP contribution in [0.4, 0.5) is 0 Å². The maximum absolute atomic E-state index is 5.88. The number of rotatable bonds is 1. The Morgan fingerprint density at radius 2 is 2.22 bits per heavy atom. The standard InChI is InChI=1S/C7H16N2/c1-7(2,8)6-4-3-5-9-6/h6,9H,3-5,8H2,1-2H3. The lowest BCUT2D eigenvalue weighted by Crippen LogP contribution is -2.49. The molecule has 0 aromatic heterocycles. The first-order valence-corrected chi connectivity index (χ1v) is 3.63. The van der Waals surface area contributed by atoms with Crippen molar-refractivity contribution in [3.63, 3.8) is 0 Å². The summed E-state index contributed by atoms with van der Waals surface area (Å²) in [5, 5.41) is 3.37. The van der Waals surface area contributed by atoms with E-state index in [1.165, 1.54) is 12.8 Å². The molecule has 54 valence electrons. The van der Waals surface area contributed by atoms with Crippen LogP contribution < -0.4 is 11.1 Å². The van der Waals surface area contributed by atoms with Gasteiger partial charge in [0.1, 0.15) is 0 Å². The minimum Gasteiger partial charge on any atom is -0.324 e. The van der Waals surface area contributed by atoms with Crippen molar-refractivity contribution in [2.45, 2.75) is 38.3 Å². The molecule has 2 nitrogen and oxygen atoms in total. The van der Waals surface area contributed by atoms with Gasteiger partial charge in [0, 0.05) is 11.6 Å². The van der Waals surface area contributed by atoms with Crippen LogP contribution in [0.5, 0.6) is 0 Å². The van der Waals surface area contributed by atoms with Crippen LogP contribution in [-0.4, -0.2) is 18.1 Å². The predicted octanol–water partition coefficient (Wildman–Crippen LogP) is 0.476. The predicted molar refractivity (Wildman–Crippen MR) is 39.3 cm³/mol. The van der Waals surface area contributed by atoms with Crippen LogP contribution in [0.2, 0.25) is 0 Å². The van der Waals surface area contributed by atoms with Crippen LogP contribution >= 0.6 is 0 Å². The lowest BCUT2D eigenvalue weighted by molar-refractivity contribution is 0.378. The van der Waals surface area contributed by atoms with E-state index >= 15 is 0 Å². The van der Waals surface area contributed by atoms with Crippen molar-refractivity contribution in [1.29, 1.82) is 0 Å². The van der Waals surface area contributed by atoms with Crippen LogP contribution in [0.3, 0.4) is 0 Å². The van der Waals surface area contributed by atoms with E-state index in [1.807, 2.05) is 0 Å². The molecule has 1 fully saturated rings.